The van der Waals surface area contributed by atoms with E-state index in [0.29, 0.717) is 16.3 Å². The highest BCUT2D eigenvalue weighted by atomic mass is 35.5. The summed E-state index contributed by atoms with van der Waals surface area (Å²) in [4.78, 5) is 36.1. The number of hydrogen-bond acceptors (Lipinski definition) is 4. The van der Waals surface area contributed by atoms with Crippen LogP contribution in [0.5, 0.6) is 0 Å². The Labute approximate surface area is 181 Å². The van der Waals surface area contributed by atoms with Gasteiger partial charge in [-0.25, -0.2) is 4.79 Å². The molecule has 7 nitrogen and oxygen atoms in total. The lowest BCUT2D eigenvalue weighted by Gasteiger charge is -2.19. The van der Waals surface area contributed by atoms with E-state index in [1.54, 1.807) is 57.2 Å². The molecule has 8 heteroatoms. The van der Waals surface area contributed by atoms with Crippen LogP contribution in [0.4, 0.5) is 10.5 Å². The molecular formula is C22H26ClN3O4. The minimum absolute atomic E-state index is 0.0858. The van der Waals surface area contributed by atoms with Crippen molar-refractivity contribution < 1.29 is 19.1 Å². The maximum Gasteiger partial charge on any atom is 0.407 e. The molecule has 3 amide bonds. The summed E-state index contributed by atoms with van der Waals surface area (Å²) in [6.07, 6.45) is -0.484. The Morgan fingerprint density at radius 3 is 2.43 bits per heavy atom. The molecule has 0 saturated carbocycles. The van der Waals surface area contributed by atoms with Crippen molar-refractivity contribution in [3.63, 3.8) is 0 Å². The molecule has 0 fully saturated rings. The Bertz CT molecular complexity index is 909. The van der Waals surface area contributed by atoms with Crippen LogP contribution in [-0.2, 0) is 16.1 Å². The summed E-state index contributed by atoms with van der Waals surface area (Å²) in [6, 6.07) is 13.8. The molecule has 0 unspecified atom stereocenters. The first kappa shape index (κ1) is 23.2. The van der Waals surface area contributed by atoms with Gasteiger partial charge in [0.05, 0.1) is 0 Å². The number of para-hydroxylation sites is 1. The SMILES string of the molecule is CC(C)(C)OC(=O)NCCC(=O)Nc1ccccc1CNC(=O)c1cccc(Cl)c1. The van der Waals surface area contributed by atoms with Crippen molar-refractivity contribution in [1.29, 1.82) is 0 Å². The van der Waals surface area contributed by atoms with Crippen LogP contribution in [0.2, 0.25) is 5.02 Å². The molecule has 0 radical (unpaired) electrons. The van der Waals surface area contributed by atoms with Crippen LogP contribution in [0.25, 0.3) is 0 Å². The summed E-state index contributed by atoms with van der Waals surface area (Å²) < 4.78 is 5.12. The second-order valence-electron chi connectivity index (χ2n) is 7.58. The van der Waals surface area contributed by atoms with Gasteiger partial charge in [-0.2, -0.15) is 0 Å². The fourth-order valence-electron chi connectivity index (χ4n) is 2.51. The van der Waals surface area contributed by atoms with Crippen molar-refractivity contribution in [2.24, 2.45) is 0 Å². The first-order valence-electron chi connectivity index (χ1n) is 9.52. The molecule has 30 heavy (non-hydrogen) atoms. The quantitative estimate of drug-likeness (QED) is 0.614. The number of carbonyl (C=O) groups is 3. The molecule has 160 valence electrons. The van der Waals surface area contributed by atoms with E-state index in [9.17, 15) is 14.4 Å². The van der Waals surface area contributed by atoms with E-state index < -0.39 is 11.7 Å². The fraction of sp³-hybridized carbons (Fsp3) is 0.318. The van der Waals surface area contributed by atoms with Gasteiger partial charge in [0.1, 0.15) is 5.60 Å². The van der Waals surface area contributed by atoms with Crippen LogP contribution in [0.3, 0.4) is 0 Å². The molecule has 0 aromatic heterocycles. The smallest absolute Gasteiger partial charge is 0.407 e. The van der Waals surface area contributed by atoms with E-state index in [2.05, 4.69) is 16.0 Å². The minimum atomic E-state index is -0.596. The largest absolute Gasteiger partial charge is 0.444 e. The molecule has 0 spiro atoms. The number of carbonyl (C=O) groups excluding carboxylic acids is 3. The Morgan fingerprint density at radius 1 is 1.00 bits per heavy atom. The molecule has 0 saturated heterocycles. The van der Waals surface area contributed by atoms with Crippen molar-refractivity contribution in [1.82, 2.24) is 10.6 Å². The van der Waals surface area contributed by atoms with E-state index in [1.165, 1.54) is 0 Å². The van der Waals surface area contributed by atoms with Crippen LogP contribution >= 0.6 is 11.6 Å². The number of amides is 3. The second-order valence-corrected chi connectivity index (χ2v) is 8.01. The van der Waals surface area contributed by atoms with Gasteiger partial charge in [-0.1, -0.05) is 35.9 Å². The monoisotopic (exact) mass is 431 g/mol. The van der Waals surface area contributed by atoms with Gasteiger partial charge in [-0.3, -0.25) is 9.59 Å². The summed E-state index contributed by atoms with van der Waals surface area (Å²) in [5.41, 5.74) is 1.20. The van der Waals surface area contributed by atoms with Crippen molar-refractivity contribution in [3.8, 4) is 0 Å². The molecular weight excluding hydrogens is 406 g/mol. The molecule has 3 N–H and O–H groups in total. The number of halogens is 1. The Balaban J connectivity index is 1.86. The Hall–Kier alpha value is -3.06. The molecule has 0 aliphatic heterocycles. The van der Waals surface area contributed by atoms with Gasteiger partial charge in [-0.15, -0.1) is 0 Å². The number of ether oxygens (including phenoxy) is 1. The van der Waals surface area contributed by atoms with Gasteiger partial charge in [0.25, 0.3) is 5.91 Å². The number of benzene rings is 2. The first-order valence-corrected chi connectivity index (χ1v) is 9.90. The predicted molar refractivity (Wildman–Crippen MR) is 117 cm³/mol. The molecule has 0 bridgehead atoms. The number of hydrogen-bond donors (Lipinski definition) is 3. The van der Waals surface area contributed by atoms with E-state index in [0.717, 1.165) is 5.56 Å². The molecule has 0 atom stereocenters. The topological polar surface area (TPSA) is 96.5 Å². The zero-order valence-corrected chi connectivity index (χ0v) is 18.0. The van der Waals surface area contributed by atoms with E-state index in [-0.39, 0.29) is 31.3 Å². The van der Waals surface area contributed by atoms with Crippen LogP contribution in [0.15, 0.2) is 48.5 Å². The molecule has 0 aliphatic rings. The third-order valence-corrected chi connectivity index (χ3v) is 4.07. The highest BCUT2D eigenvalue weighted by Crippen LogP contribution is 2.16. The van der Waals surface area contributed by atoms with Crippen LogP contribution in [0, 0.1) is 0 Å². The second kappa shape index (κ2) is 10.6. The van der Waals surface area contributed by atoms with Gasteiger partial charge >= 0.3 is 6.09 Å². The van der Waals surface area contributed by atoms with E-state index in [4.69, 9.17) is 16.3 Å². The lowest BCUT2D eigenvalue weighted by molar-refractivity contribution is -0.116. The van der Waals surface area contributed by atoms with Gasteiger partial charge in [0.2, 0.25) is 5.91 Å². The lowest BCUT2D eigenvalue weighted by atomic mass is 10.1. The summed E-state index contributed by atoms with van der Waals surface area (Å²) in [5, 5.41) is 8.64. The Morgan fingerprint density at radius 2 is 1.73 bits per heavy atom. The summed E-state index contributed by atoms with van der Waals surface area (Å²) in [7, 11) is 0. The standard InChI is InChI=1S/C22H26ClN3O4/c1-22(2,3)30-21(29)24-12-11-19(27)26-18-10-5-4-7-16(18)14-25-20(28)15-8-6-9-17(23)13-15/h4-10,13H,11-12,14H2,1-3H3,(H,24,29)(H,25,28)(H,26,27). The first-order chi connectivity index (χ1) is 14.1. The molecule has 2 aromatic carbocycles. The molecule has 2 rings (SSSR count). The summed E-state index contributed by atoms with van der Waals surface area (Å²) in [5.74, 6) is -0.528. The number of anilines is 1. The number of alkyl carbamates (subject to hydrolysis) is 1. The third-order valence-electron chi connectivity index (χ3n) is 3.84. The third kappa shape index (κ3) is 8.13. The summed E-state index contributed by atoms with van der Waals surface area (Å²) >= 11 is 5.92. The van der Waals surface area contributed by atoms with Crippen LogP contribution in [0.1, 0.15) is 43.1 Å². The van der Waals surface area contributed by atoms with Crippen molar-refractivity contribution in [3.05, 3.63) is 64.7 Å². The highest BCUT2D eigenvalue weighted by molar-refractivity contribution is 6.30. The van der Waals surface area contributed by atoms with Crippen LogP contribution < -0.4 is 16.0 Å². The number of nitrogens with one attached hydrogen (secondary N) is 3. The van der Waals surface area contributed by atoms with E-state index in [1.807, 2.05) is 12.1 Å². The number of rotatable bonds is 7. The predicted octanol–water partition coefficient (Wildman–Crippen LogP) is 4.12. The molecule has 0 heterocycles. The maximum absolute atomic E-state index is 12.3. The highest BCUT2D eigenvalue weighted by Gasteiger charge is 2.16. The summed E-state index contributed by atoms with van der Waals surface area (Å²) in [6.45, 7) is 5.68. The van der Waals surface area contributed by atoms with Crippen molar-refractivity contribution in [2.45, 2.75) is 39.3 Å². The lowest BCUT2D eigenvalue weighted by Crippen LogP contribution is -2.34. The van der Waals surface area contributed by atoms with Crippen molar-refractivity contribution >= 4 is 35.2 Å². The maximum atomic E-state index is 12.3. The van der Waals surface area contributed by atoms with Gasteiger partial charge in [0, 0.05) is 35.8 Å². The van der Waals surface area contributed by atoms with E-state index >= 15 is 0 Å². The Kier molecular flexibility index (Phi) is 8.24. The van der Waals surface area contributed by atoms with Gasteiger partial charge in [0.15, 0.2) is 0 Å². The van der Waals surface area contributed by atoms with Gasteiger partial charge < -0.3 is 20.7 Å². The average molecular weight is 432 g/mol. The molecule has 2 aromatic rings. The average Bonchev–Trinajstić information content (AvgIpc) is 2.65. The van der Waals surface area contributed by atoms with Crippen LogP contribution in [-0.4, -0.2) is 30.1 Å². The molecule has 0 aliphatic carbocycles. The minimum Gasteiger partial charge on any atom is -0.444 e. The van der Waals surface area contributed by atoms with Gasteiger partial charge in [-0.05, 0) is 50.6 Å². The van der Waals surface area contributed by atoms with Crippen molar-refractivity contribution in [2.75, 3.05) is 11.9 Å². The normalized spacial score (nSPS) is 10.8. The fourth-order valence-corrected chi connectivity index (χ4v) is 2.70. The zero-order valence-electron chi connectivity index (χ0n) is 17.3. The zero-order chi connectivity index (χ0) is 22.1.